The Morgan fingerprint density at radius 1 is 1.06 bits per heavy atom. The van der Waals surface area contributed by atoms with Gasteiger partial charge in [-0.3, -0.25) is 0 Å². The summed E-state index contributed by atoms with van der Waals surface area (Å²) in [6, 6.07) is 0. The van der Waals surface area contributed by atoms with Crippen molar-refractivity contribution in [2.75, 3.05) is 38.3 Å². The monoisotopic (exact) mass is 251 g/mol. The molecule has 1 N–H and O–H groups in total. The zero-order valence-electron chi connectivity index (χ0n) is 10.5. The van der Waals surface area contributed by atoms with Crippen LogP contribution in [-0.2, 0) is 14.6 Å². The van der Waals surface area contributed by atoms with Crippen molar-refractivity contribution >= 4 is 9.84 Å². The zero-order valence-corrected chi connectivity index (χ0v) is 11.3. The van der Waals surface area contributed by atoms with Crippen molar-refractivity contribution in [3.8, 4) is 0 Å². The van der Waals surface area contributed by atoms with Crippen LogP contribution in [0.25, 0.3) is 0 Å². The number of sulfone groups is 1. The van der Waals surface area contributed by atoms with E-state index in [1.165, 1.54) is 12.8 Å². The molecule has 0 aromatic rings. The third-order valence-corrected chi connectivity index (χ3v) is 4.09. The molecule has 0 aromatic heterocycles. The summed E-state index contributed by atoms with van der Waals surface area (Å²) in [5, 5.41) is 3.16. The van der Waals surface area contributed by atoms with Crippen LogP contribution in [0.3, 0.4) is 0 Å². The predicted octanol–water partition coefficient (Wildman–Crippen LogP) is 1.22. The molecule has 4 nitrogen and oxygen atoms in total. The highest BCUT2D eigenvalue weighted by Crippen LogP contribution is 1.94. The van der Waals surface area contributed by atoms with Crippen LogP contribution in [-0.4, -0.2) is 46.7 Å². The number of unbranched alkanes of at least 4 members (excludes halogenated alkanes) is 2. The van der Waals surface area contributed by atoms with Crippen molar-refractivity contribution in [2.45, 2.75) is 32.6 Å². The molecular formula is C11H25NO3S. The molecule has 16 heavy (non-hydrogen) atoms. The van der Waals surface area contributed by atoms with E-state index >= 15 is 0 Å². The molecule has 0 rings (SSSR count). The van der Waals surface area contributed by atoms with Crippen molar-refractivity contribution in [3.63, 3.8) is 0 Å². The van der Waals surface area contributed by atoms with Gasteiger partial charge < -0.3 is 10.1 Å². The van der Waals surface area contributed by atoms with Crippen LogP contribution in [0, 0.1) is 0 Å². The lowest BCUT2D eigenvalue weighted by Crippen LogP contribution is -2.25. The van der Waals surface area contributed by atoms with E-state index in [1.807, 2.05) is 0 Å². The third-order valence-electron chi connectivity index (χ3n) is 2.35. The lowest BCUT2D eigenvalue weighted by atomic mass is 10.2. The second-order valence-corrected chi connectivity index (χ2v) is 6.26. The van der Waals surface area contributed by atoms with Crippen molar-refractivity contribution in [2.24, 2.45) is 0 Å². The van der Waals surface area contributed by atoms with Gasteiger partial charge in [0.25, 0.3) is 0 Å². The van der Waals surface area contributed by atoms with Gasteiger partial charge in [-0.25, -0.2) is 8.42 Å². The van der Waals surface area contributed by atoms with Gasteiger partial charge in [-0.15, -0.1) is 0 Å². The van der Waals surface area contributed by atoms with Crippen LogP contribution in [0.5, 0.6) is 0 Å². The molecule has 0 saturated heterocycles. The Hall–Kier alpha value is -0.130. The maximum Gasteiger partial charge on any atom is 0.151 e. The van der Waals surface area contributed by atoms with E-state index in [2.05, 4.69) is 12.2 Å². The number of ether oxygens (including phenoxy) is 1. The molecule has 98 valence electrons. The molecule has 0 aromatic carbocycles. The largest absolute Gasteiger partial charge is 0.385 e. The Kier molecular flexibility index (Phi) is 9.97. The van der Waals surface area contributed by atoms with Gasteiger partial charge in [0.05, 0.1) is 11.5 Å². The Morgan fingerprint density at radius 3 is 2.44 bits per heavy atom. The summed E-state index contributed by atoms with van der Waals surface area (Å²) < 4.78 is 27.8. The average Bonchev–Trinajstić information content (AvgIpc) is 2.23. The fourth-order valence-electron chi connectivity index (χ4n) is 1.38. The van der Waals surface area contributed by atoms with Crippen LogP contribution in [0.2, 0.25) is 0 Å². The molecule has 0 amide bonds. The molecule has 5 heteroatoms. The van der Waals surface area contributed by atoms with Crippen molar-refractivity contribution in [1.29, 1.82) is 0 Å². The minimum Gasteiger partial charge on any atom is -0.385 e. The normalized spacial score (nSPS) is 11.9. The minimum atomic E-state index is -2.89. The fourth-order valence-corrected chi connectivity index (χ4v) is 2.60. The number of rotatable bonds is 11. The summed E-state index contributed by atoms with van der Waals surface area (Å²) in [5.74, 6) is 0.473. The summed E-state index contributed by atoms with van der Waals surface area (Å²) >= 11 is 0. The van der Waals surface area contributed by atoms with Crippen LogP contribution in [0.4, 0.5) is 0 Å². The van der Waals surface area contributed by atoms with E-state index in [9.17, 15) is 8.42 Å². The van der Waals surface area contributed by atoms with Gasteiger partial charge >= 0.3 is 0 Å². The van der Waals surface area contributed by atoms with E-state index in [0.29, 0.717) is 19.6 Å². The van der Waals surface area contributed by atoms with Crippen molar-refractivity contribution < 1.29 is 13.2 Å². The molecule has 0 aliphatic carbocycles. The van der Waals surface area contributed by atoms with Crippen molar-refractivity contribution in [1.82, 2.24) is 5.32 Å². The minimum absolute atomic E-state index is 0.234. The SMILES string of the molecule is CCCCCNCCS(=O)(=O)CCCOC. The molecule has 0 aliphatic rings. The van der Waals surface area contributed by atoms with Crippen LogP contribution >= 0.6 is 0 Å². The second-order valence-electron chi connectivity index (χ2n) is 3.96. The lowest BCUT2D eigenvalue weighted by molar-refractivity contribution is 0.199. The summed E-state index contributed by atoms with van der Waals surface area (Å²) in [6.07, 6.45) is 4.11. The maximum atomic E-state index is 11.5. The zero-order chi connectivity index (χ0) is 12.3. The molecule has 0 bridgehead atoms. The van der Waals surface area contributed by atoms with E-state index in [4.69, 9.17) is 4.74 Å². The summed E-state index contributed by atoms with van der Waals surface area (Å²) in [5.41, 5.74) is 0. The van der Waals surface area contributed by atoms with Gasteiger partial charge in [0.15, 0.2) is 9.84 Å². The van der Waals surface area contributed by atoms with Gasteiger partial charge in [-0.05, 0) is 19.4 Å². The number of nitrogens with one attached hydrogen (secondary N) is 1. The quantitative estimate of drug-likeness (QED) is 0.561. The first-order chi connectivity index (χ1) is 7.62. The van der Waals surface area contributed by atoms with Crippen LogP contribution in [0.1, 0.15) is 32.6 Å². The highest BCUT2D eigenvalue weighted by atomic mass is 32.2. The molecule has 0 unspecified atom stereocenters. The average molecular weight is 251 g/mol. The Bertz CT molecular complexity index is 240. The molecule has 0 spiro atoms. The van der Waals surface area contributed by atoms with Gasteiger partial charge in [0, 0.05) is 20.3 Å². The standard InChI is InChI=1S/C11H25NO3S/c1-3-4-5-7-12-8-11-16(13,14)10-6-9-15-2/h12H,3-11H2,1-2H3. The molecule has 0 fully saturated rings. The Labute approximate surface area is 99.7 Å². The van der Waals surface area contributed by atoms with Crippen LogP contribution < -0.4 is 5.32 Å². The van der Waals surface area contributed by atoms with Gasteiger partial charge in [0.1, 0.15) is 0 Å². The summed E-state index contributed by atoms with van der Waals surface area (Å²) in [6.45, 7) is 4.16. The molecule has 0 heterocycles. The van der Waals surface area contributed by atoms with Gasteiger partial charge in [0.2, 0.25) is 0 Å². The van der Waals surface area contributed by atoms with E-state index in [-0.39, 0.29) is 11.5 Å². The lowest BCUT2D eigenvalue weighted by Gasteiger charge is -2.05. The molecule has 0 aliphatic heterocycles. The highest BCUT2D eigenvalue weighted by Gasteiger charge is 2.09. The summed E-state index contributed by atoms with van der Waals surface area (Å²) in [7, 11) is -1.30. The Balaban J connectivity index is 3.43. The van der Waals surface area contributed by atoms with E-state index in [0.717, 1.165) is 13.0 Å². The molecule has 0 atom stereocenters. The fraction of sp³-hybridized carbons (Fsp3) is 1.00. The number of methoxy groups -OCH3 is 1. The molecular weight excluding hydrogens is 226 g/mol. The first kappa shape index (κ1) is 15.9. The van der Waals surface area contributed by atoms with E-state index < -0.39 is 9.84 Å². The Morgan fingerprint density at radius 2 is 1.81 bits per heavy atom. The predicted molar refractivity (Wildman–Crippen MR) is 67.5 cm³/mol. The van der Waals surface area contributed by atoms with E-state index in [1.54, 1.807) is 7.11 Å². The highest BCUT2D eigenvalue weighted by molar-refractivity contribution is 7.91. The maximum absolute atomic E-state index is 11.5. The topological polar surface area (TPSA) is 55.4 Å². The molecule has 0 saturated carbocycles. The van der Waals surface area contributed by atoms with Gasteiger partial charge in [-0.2, -0.15) is 0 Å². The number of hydrogen-bond acceptors (Lipinski definition) is 4. The first-order valence-electron chi connectivity index (χ1n) is 6.02. The second kappa shape index (κ2) is 10.1. The van der Waals surface area contributed by atoms with Crippen LogP contribution in [0.15, 0.2) is 0 Å². The van der Waals surface area contributed by atoms with Crippen molar-refractivity contribution in [3.05, 3.63) is 0 Å². The smallest absolute Gasteiger partial charge is 0.151 e. The third kappa shape index (κ3) is 10.4. The van der Waals surface area contributed by atoms with Gasteiger partial charge in [-0.1, -0.05) is 19.8 Å². The summed E-state index contributed by atoms with van der Waals surface area (Å²) in [4.78, 5) is 0. The molecule has 0 radical (unpaired) electrons. The first-order valence-corrected chi connectivity index (χ1v) is 7.84. The number of hydrogen-bond donors (Lipinski definition) is 1.